The second kappa shape index (κ2) is 4.16. The zero-order valence-electron chi connectivity index (χ0n) is 11.3. The minimum absolute atomic E-state index is 0.0181. The van der Waals surface area contributed by atoms with E-state index < -0.39 is 18.4 Å². The topological polar surface area (TPSA) is 119 Å². The molecule has 4 N–H and O–H groups in total. The van der Waals surface area contributed by atoms with Crippen LogP contribution < -0.4 is 5.73 Å². The smallest absolute Gasteiger partial charge is 0.167 e. The highest BCUT2D eigenvalue weighted by atomic mass is 16.5. The van der Waals surface area contributed by atoms with Gasteiger partial charge in [0.2, 0.25) is 0 Å². The molecule has 1 aliphatic heterocycles. The van der Waals surface area contributed by atoms with E-state index in [1.54, 1.807) is 0 Å². The van der Waals surface area contributed by atoms with Crippen LogP contribution in [0.2, 0.25) is 0 Å². The van der Waals surface area contributed by atoms with Crippen molar-refractivity contribution in [3.63, 3.8) is 0 Å². The van der Waals surface area contributed by atoms with E-state index in [4.69, 9.17) is 18.3 Å². The lowest BCUT2D eigenvalue weighted by Gasteiger charge is -2.13. The van der Waals surface area contributed by atoms with Crippen molar-refractivity contribution in [3.8, 4) is 0 Å². The predicted octanol–water partition coefficient (Wildman–Crippen LogP) is -0.951. The van der Waals surface area contributed by atoms with Gasteiger partial charge in [-0.3, -0.25) is 4.57 Å². The first-order valence-electron chi connectivity index (χ1n) is 6.44. The number of hydrogen-bond acceptors (Lipinski definition) is 7. The molecule has 2 aromatic heterocycles. The lowest BCUT2D eigenvalue weighted by molar-refractivity contribution is -0.0432. The summed E-state index contributed by atoms with van der Waals surface area (Å²) in [5.74, 6) is 0.0181. The number of nitrogen functional groups attached to an aromatic ring is 1. The van der Waals surface area contributed by atoms with Crippen LogP contribution in [0.15, 0.2) is 12.6 Å². The molecule has 0 amide bonds. The molecular formula is C10H13N5O3. The van der Waals surface area contributed by atoms with E-state index in [2.05, 4.69) is 15.0 Å². The summed E-state index contributed by atoms with van der Waals surface area (Å²) in [6, 6.07) is 0. The van der Waals surface area contributed by atoms with Crippen molar-refractivity contribution >= 4 is 17.0 Å². The molecule has 3 heterocycles. The molecule has 8 nitrogen and oxygen atoms in total. The molecule has 18 heavy (non-hydrogen) atoms. The third kappa shape index (κ3) is 1.62. The van der Waals surface area contributed by atoms with Crippen molar-refractivity contribution in [1.82, 2.24) is 19.5 Å². The molecule has 0 aromatic carbocycles. The first kappa shape index (κ1) is 9.20. The second-order valence-electron chi connectivity index (χ2n) is 4.08. The highest BCUT2D eigenvalue weighted by Gasteiger charge is 2.35. The SMILES string of the molecule is [2H]c1nc(N)c2nc([2H])n(C3C[C@@H](O)[C@H](CO)O3)c2n1. The van der Waals surface area contributed by atoms with Crippen LogP contribution >= 0.6 is 0 Å². The summed E-state index contributed by atoms with van der Waals surface area (Å²) >= 11 is 0. The zero-order chi connectivity index (χ0) is 14.4. The van der Waals surface area contributed by atoms with E-state index in [0.29, 0.717) is 0 Å². The number of imidazole rings is 1. The van der Waals surface area contributed by atoms with Gasteiger partial charge >= 0.3 is 0 Å². The molecule has 1 saturated heterocycles. The Hall–Kier alpha value is -1.77. The van der Waals surface area contributed by atoms with E-state index in [-0.39, 0.29) is 42.6 Å². The maximum atomic E-state index is 9.76. The fourth-order valence-electron chi connectivity index (χ4n) is 2.01. The van der Waals surface area contributed by atoms with E-state index >= 15 is 0 Å². The number of nitrogens with two attached hydrogens (primary N) is 1. The van der Waals surface area contributed by atoms with Gasteiger partial charge in [-0.2, -0.15) is 0 Å². The predicted molar refractivity (Wildman–Crippen MR) is 61.4 cm³/mol. The first-order chi connectivity index (χ1) is 9.51. The number of aliphatic hydroxyl groups excluding tert-OH is 2. The summed E-state index contributed by atoms with van der Waals surface area (Å²) in [6.45, 7) is -0.321. The molecule has 0 saturated carbocycles. The number of hydrogen-bond donors (Lipinski definition) is 3. The molecule has 96 valence electrons. The largest absolute Gasteiger partial charge is 0.394 e. The van der Waals surface area contributed by atoms with Crippen molar-refractivity contribution < 1.29 is 17.7 Å². The summed E-state index contributed by atoms with van der Waals surface area (Å²) < 4.78 is 22.2. The van der Waals surface area contributed by atoms with Crippen molar-refractivity contribution in [2.24, 2.45) is 0 Å². The molecule has 0 aliphatic carbocycles. The molecule has 1 aliphatic rings. The van der Waals surface area contributed by atoms with Crippen molar-refractivity contribution in [2.45, 2.75) is 24.9 Å². The Morgan fingerprint density at radius 1 is 1.56 bits per heavy atom. The van der Waals surface area contributed by atoms with Crippen molar-refractivity contribution in [1.29, 1.82) is 0 Å². The third-order valence-electron chi connectivity index (χ3n) is 2.95. The van der Waals surface area contributed by atoms with Crippen LogP contribution in [0.4, 0.5) is 5.82 Å². The van der Waals surface area contributed by atoms with E-state index in [0.717, 1.165) is 0 Å². The molecule has 8 heteroatoms. The Balaban J connectivity index is 2.10. The van der Waals surface area contributed by atoms with Crippen LogP contribution in [0.25, 0.3) is 11.2 Å². The van der Waals surface area contributed by atoms with Gasteiger partial charge in [-0.1, -0.05) is 0 Å². The first-order valence-corrected chi connectivity index (χ1v) is 5.44. The number of rotatable bonds is 2. The normalized spacial score (nSPS) is 29.6. The van der Waals surface area contributed by atoms with Crippen LogP contribution in [0.5, 0.6) is 0 Å². The maximum Gasteiger partial charge on any atom is 0.167 e. The summed E-state index contributed by atoms with van der Waals surface area (Å²) in [7, 11) is 0. The van der Waals surface area contributed by atoms with Crippen LogP contribution in [0.1, 0.15) is 15.4 Å². The Morgan fingerprint density at radius 3 is 3.11 bits per heavy atom. The zero-order valence-corrected chi connectivity index (χ0v) is 9.32. The van der Waals surface area contributed by atoms with Gasteiger partial charge < -0.3 is 20.7 Å². The van der Waals surface area contributed by atoms with Crippen molar-refractivity contribution in [3.05, 3.63) is 12.6 Å². The molecule has 3 rings (SSSR count). The lowest BCUT2D eigenvalue weighted by atomic mass is 10.2. The lowest BCUT2D eigenvalue weighted by Crippen LogP contribution is -2.24. The molecule has 0 spiro atoms. The van der Waals surface area contributed by atoms with Gasteiger partial charge in [-0.15, -0.1) is 0 Å². The highest BCUT2D eigenvalue weighted by molar-refractivity contribution is 5.81. The molecular weight excluding hydrogens is 238 g/mol. The third-order valence-corrected chi connectivity index (χ3v) is 2.95. The molecule has 3 atom stereocenters. The van der Waals surface area contributed by atoms with E-state index in [9.17, 15) is 5.11 Å². The van der Waals surface area contributed by atoms with Gasteiger partial charge in [-0.25, -0.2) is 15.0 Å². The number of aliphatic hydroxyl groups is 2. The molecule has 1 unspecified atom stereocenters. The van der Waals surface area contributed by atoms with Gasteiger partial charge in [0.25, 0.3) is 0 Å². The van der Waals surface area contributed by atoms with Crippen LogP contribution in [0.3, 0.4) is 0 Å². The van der Waals surface area contributed by atoms with Gasteiger partial charge in [0.15, 0.2) is 11.5 Å². The molecule has 0 radical (unpaired) electrons. The second-order valence-corrected chi connectivity index (χ2v) is 4.08. The van der Waals surface area contributed by atoms with Crippen molar-refractivity contribution in [2.75, 3.05) is 12.3 Å². The van der Waals surface area contributed by atoms with Gasteiger partial charge in [0, 0.05) is 6.42 Å². The van der Waals surface area contributed by atoms with Crippen LogP contribution in [-0.4, -0.2) is 48.5 Å². The number of aromatic nitrogens is 4. The minimum atomic E-state index is -0.837. The van der Waals surface area contributed by atoms with Gasteiger partial charge in [0.05, 0.1) is 19.0 Å². The Labute approximate surface area is 105 Å². The quantitative estimate of drug-likeness (QED) is 0.631. The summed E-state index contributed by atoms with van der Waals surface area (Å²) in [4.78, 5) is 11.5. The summed E-state index contributed by atoms with van der Waals surface area (Å²) in [5.41, 5.74) is 6.09. The van der Waals surface area contributed by atoms with Crippen LogP contribution in [-0.2, 0) is 4.74 Å². The Morgan fingerprint density at radius 2 is 2.39 bits per heavy atom. The van der Waals surface area contributed by atoms with Crippen LogP contribution in [0, 0.1) is 0 Å². The molecule has 0 bridgehead atoms. The average Bonchev–Trinajstić information content (AvgIpc) is 2.89. The van der Waals surface area contributed by atoms with E-state index in [1.165, 1.54) is 4.57 Å². The number of fused-ring (bicyclic) bond motifs is 1. The highest BCUT2D eigenvalue weighted by Crippen LogP contribution is 2.30. The number of nitrogens with zero attached hydrogens (tertiary/aromatic N) is 4. The summed E-state index contributed by atoms with van der Waals surface area (Å²) in [6.07, 6.45) is -2.48. The fraction of sp³-hybridized carbons (Fsp3) is 0.500. The fourth-order valence-corrected chi connectivity index (χ4v) is 2.01. The number of ether oxygens (including phenoxy) is 1. The molecule has 1 fully saturated rings. The van der Waals surface area contributed by atoms with E-state index in [1.807, 2.05) is 0 Å². The Kier molecular flexibility index (Phi) is 2.13. The average molecular weight is 253 g/mol. The van der Waals surface area contributed by atoms with Gasteiger partial charge in [-0.05, 0) is 0 Å². The minimum Gasteiger partial charge on any atom is -0.394 e. The van der Waals surface area contributed by atoms with Gasteiger partial charge in [0.1, 0.15) is 26.9 Å². The number of anilines is 1. The summed E-state index contributed by atoms with van der Waals surface area (Å²) in [5, 5.41) is 18.8. The Bertz CT molecular complexity index is 664. The monoisotopic (exact) mass is 253 g/mol. The maximum absolute atomic E-state index is 9.76. The molecule has 2 aromatic rings. The standard InChI is InChI=1S/C10H13N5O3/c11-9-8-10(13-3-12-9)15(4-14-8)7-1-5(17)6(2-16)18-7/h3-7,16-17H,1-2H2,(H2,11,12,13)/t5-,6+,7?/m1/s1/i3D,4D.